The average Bonchev–Trinajstić information content (AvgIpc) is 3.21. The van der Waals surface area contributed by atoms with Crippen molar-refractivity contribution in [2.24, 2.45) is 0 Å². The fraction of sp³-hybridized carbons (Fsp3) is 0.381. The van der Waals surface area contributed by atoms with E-state index in [1.54, 1.807) is 0 Å². The number of anilines is 1. The molecule has 0 saturated carbocycles. The Balaban J connectivity index is 1.61. The molecule has 150 valence electrons. The minimum atomic E-state index is -3.62. The number of hydrogen-bond donors (Lipinski definition) is 2. The number of sulfonamides is 1. The molecule has 28 heavy (non-hydrogen) atoms. The van der Waals surface area contributed by atoms with Gasteiger partial charge < -0.3 is 10.1 Å². The van der Waals surface area contributed by atoms with Crippen LogP contribution in [-0.2, 0) is 14.8 Å². The molecular weight excluding hydrogens is 376 g/mol. The zero-order chi connectivity index (χ0) is 20.1. The van der Waals surface area contributed by atoms with E-state index >= 15 is 0 Å². The van der Waals surface area contributed by atoms with Gasteiger partial charge in [0.2, 0.25) is 10.0 Å². The second-order valence-corrected chi connectivity index (χ2v) is 9.01. The Hall–Kier alpha value is -2.22. The number of benzene rings is 2. The maximum Gasteiger partial charge on any atom is 0.255 e. The van der Waals surface area contributed by atoms with Gasteiger partial charge in [0.25, 0.3) is 5.91 Å². The molecule has 2 N–H and O–H groups in total. The molecule has 2 aromatic carbocycles. The van der Waals surface area contributed by atoms with Crippen molar-refractivity contribution in [3.05, 3.63) is 59.7 Å². The summed E-state index contributed by atoms with van der Waals surface area (Å²) < 4.78 is 32.8. The van der Waals surface area contributed by atoms with Crippen LogP contribution in [0.25, 0.3) is 0 Å². The topological polar surface area (TPSA) is 84.5 Å². The minimum Gasteiger partial charge on any atom is -0.377 e. The summed E-state index contributed by atoms with van der Waals surface area (Å²) in [7, 11) is -3.62. The lowest BCUT2D eigenvalue weighted by atomic mass is 10.0. The molecule has 1 unspecified atom stereocenters. The monoisotopic (exact) mass is 402 g/mol. The van der Waals surface area contributed by atoms with E-state index in [2.05, 4.69) is 23.9 Å². The highest BCUT2D eigenvalue weighted by Crippen LogP contribution is 2.18. The fourth-order valence-corrected chi connectivity index (χ4v) is 4.10. The molecule has 1 aliphatic heterocycles. The second-order valence-electron chi connectivity index (χ2n) is 7.24. The van der Waals surface area contributed by atoms with Crippen molar-refractivity contribution in [3.8, 4) is 0 Å². The van der Waals surface area contributed by atoms with E-state index in [1.165, 1.54) is 29.8 Å². The molecule has 0 spiro atoms. The van der Waals surface area contributed by atoms with Gasteiger partial charge in [-0.15, -0.1) is 0 Å². The van der Waals surface area contributed by atoms with Gasteiger partial charge in [0.05, 0.1) is 11.0 Å². The quantitative estimate of drug-likeness (QED) is 0.742. The molecule has 0 aromatic heterocycles. The molecule has 1 aliphatic rings. The van der Waals surface area contributed by atoms with Gasteiger partial charge in [-0.3, -0.25) is 4.79 Å². The molecule has 1 atom stereocenters. The smallest absolute Gasteiger partial charge is 0.255 e. The first-order valence-corrected chi connectivity index (χ1v) is 11.0. The van der Waals surface area contributed by atoms with Gasteiger partial charge >= 0.3 is 0 Å². The molecule has 7 heteroatoms. The van der Waals surface area contributed by atoms with Gasteiger partial charge in [-0.05, 0) is 60.7 Å². The normalized spacial score (nSPS) is 17.0. The zero-order valence-electron chi connectivity index (χ0n) is 16.1. The van der Waals surface area contributed by atoms with Crippen molar-refractivity contribution >= 4 is 21.6 Å². The Morgan fingerprint density at radius 1 is 1.11 bits per heavy atom. The molecule has 1 fully saturated rings. The summed E-state index contributed by atoms with van der Waals surface area (Å²) in [6, 6.07) is 13.6. The third kappa shape index (κ3) is 5.19. The zero-order valence-corrected chi connectivity index (χ0v) is 17.0. The Morgan fingerprint density at radius 2 is 1.79 bits per heavy atom. The van der Waals surface area contributed by atoms with Crippen LogP contribution in [0.2, 0.25) is 0 Å². The Morgan fingerprint density at radius 3 is 2.36 bits per heavy atom. The molecule has 1 saturated heterocycles. The molecule has 0 radical (unpaired) electrons. The lowest BCUT2D eigenvalue weighted by Crippen LogP contribution is -2.31. The van der Waals surface area contributed by atoms with Crippen LogP contribution in [0.5, 0.6) is 0 Å². The largest absolute Gasteiger partial charge is 0.377 e. The fourth-order valence-electron chi connectivity index (χ4n) is 3.03. The van der Waals surface area contributed by atoms with E-state index < -0.39 is 10.0 Å². The lowest BCUT2D eigenvalue weighted by Gasteiger charge is -2.12. The highest BCUT2D eigenvalue weighted by atomic mass is 32.2. The van der Waals surface area contributed by atoms with Gasteiger partial charge in [0.1, 0.15) is 0 Å². The van der Waals surface area contributed by atoms with Crippen LogP contribution in [0.4, 0.5) is 5.69 Å². The highest BCUT2D eigenvalue weighted by Gasteiger charge is 2.20. The SMILES string of the molecule is CC(C)c1ccc(NC(=O)c2ccc(S(=O)(=O)NCC3CCCO3)cc2)cc1. The van der Waals surface area contributed by atoms with Gasteiger partial charge in [0.15, 0.2) is 0 Å². The molecule has 6 nitrogen and oxygen atoms in total. The van der Waals surface area contributed by atoms with E-state index in [0.29, 0.717) is 23.8 Å². The van der Waals surface area contributed by atoms with Crippen LogP contribution in [0.15, 0.2) is 53.4 Å². The van der Waals surface area contributed by atoms with Crippen LogP contribution < -0.4 is 10.0 Å². The first kappa shape index (κ1) is 20.5. The summed E-state index contributed by atoms with van der Waals surface area (Å²) in [6.07, 6.45) is 1.75. The Labute approximate surface area is 166 Å². The molecule has 0 bridgehead atoms. The number of rotatable bonds is 7. The third-order valence-electron chi connectivity index (χ3n) is 4.79. The summed E-state index contributed by atoms with van der Waals surface area (Å²) >= 11 is 0. The van der Waals surface area contributed by atoms with Crippen molar-refractivity contribution in [2.75, 3.05) is 18.5 Å². The van der Waals surface area contributed by atoms with E-state index in [4.69, 9.17) is 4.74 Å². The van der Waals surface area contributed by atoms with Crippen molar-refractivity contribution in [2.45, 2.75) is 43.6 Å². The standard InChI is InChI=1S/C21H26N2O4S/c1-15(2)16-5-9-18(10-6-16)23-21(24)17-7-11-20(12-8-17)28(25,26)22-14-19-4-3-13-27-19/h5-12,15,19,22H,3-4,13-14H2,1-2H3,(H,23,24). The molecule has 2 aromatic rings. The van der Waals surface area contributed by atoms with E-state index in [-0.39, 0.29) is 23.5 Å². The number of carbonyl (C=O) groups is 1. The summed E-state index contributed by atoms with van der Waals surface area (Å²) in [6.45, 7) is 5.16. The number of hydrogen-bond acceptors (Lipinski definition) is 4. The number of carbonyl (C=O) groups excluding carboxylic acids is 1. The van der Waals surface area contributed by atoms with Crippen LogP contribution in [-0.4, -0.2) is 33.6 Å². The predicted molar refractivity (Wildman–Crippen MR) is 109 cm³/mol. The van der Waals surface area contributed by atoms with Crippen molar-refractivity contribution in [1.82, 2.24) is 4.72 Å². The van der Waals surface area contributed by atoms with E-state index in [9.17, 15) is 13.2 Å². The van der Waals surface area contributed by atoms with Crippen molar-refractivity contribution in [1.29, 1.82) is 0 Å². The molecule has 1 amide bonds. The van der Waals surface area contributed by atoms with Crippen LogP contribution in [0, 0.1) is 0 Å². The molecule has 1 heterocycles. The number of ether oxygens (including phenoxy) is 1. The minimum absolute atomic E-state index is 0.0677. The van der Waals surface area contributed by atoms with Crippen LogP contribution in [0.1, 0.15) is 48.5 Å². The predicted octanol–water partition coefficient (Wildman–Crippen LogP) is 3.52. The second kappa shape index (κ2) is 8.86. The highest BCUT2D eigenvalue weighted by molar-refractivity contribution is 7.89. The number of amides is 1. The molecule has 3 rings (SSSR count). The van der Waals surface area contributed by atoms with Crippen molar-refractivity contribution < 1.29 is 17.9 Å². The van der Waals surface area contributed by atoms with E-state index in [1.807, 2.05) is 24.3 Å². The van der Waals surface area contributed by atoms with Gasteiger partial charge in [0, 0.05) is 24.4 Å². The van der Waals surface area contributed by atoms with E-state index in [0.717, 1.165) is 12.8 Å². The van der Waals surface area contributed by atoms with Crippen LogP contribution >= 0.6 is 0 Å². The first-order valence-electron chi connectivity index (χ1n) is 9.48. The summed E-state index contributed by atoms with van der Waals surface area (Å²) in [4.78, 5) is 12.5. The maximum absolute atomic E-state index is 12.4. The molecule has 0 aliphatic carbocycles. The van der Waals surface area contributed by atoms with Crippen molar-refractivity contribution in [3.63, 3.8) is 0 Å². The lowest BCUT2D eigenvalue weighted by molar-refractivity contribution is 0.102. The van der Waals surface area contributed by atoms with Crippen LogP contribution in [0.3, 0.4) is 0 Å². The van der Waals surface area contributed by atoms with Gasteiger partial charge in [-0.1, -0.05) is 26.0 Å². The Bertz CT molecular complexity index is 900. The Kier molecular flexibility index (Phi) is 6.49. The summed E-state index contributed by atoms with van der Waals surface area (Å²) in [5.74, 6) is 0.140. The maximum atomic E-state index is 12.4. The number of nitrogens with one attached hydrogen (secondary N) is 2. The van der Waals surface area contributed by atoms with Gasteiger partial charge in [-0.25, -0.2) is 13.1 Å². The third-order valence-corrected chi connectivity index (χ3v) is 6.23. The first-order chi connectivity index (χ1) is 13.3. The van der Waals surface area contributed by atoms with Gasteiger partial charge in [-0.2, -0.15) is 0 Å². The average molecular weight is 403 g/mol. The summed E-state index contributed by atoms with van der Waals surface area (Å²) in [5, 5.41) is 2.82. The summed E-state index contributed by atoms with van der Waals surface area (Å²) in [5.41, 5.74) is 2.29. The molecular formula is C21H26N2O4S.